The molecule has 70 heavy (non-hydrogen) atoms. The number of aliphatic carboxylic acids is 2. The molecule has 0 bridgehead atoms. The summed E-state index contributed by atoms with van der Waals surface area (Å²) in [4.78, 5) is 124. The van der Waals surface area contributed by atoms with Gasteiger partial charge in [0, 0.05) is 32.5 Å². The third-order valence-electron chi connectivity index (χ3n) is 11.8. The van der Waals surface area contributed by atoms with Gasteiger partial charge in [-0.3, -0.25) is 43.8 Å². The minimum absolute atomic E-state index is 0.0169. The summed E-state index contributed by atoms with van der Waals surface area (Å²) in [7, 11) is 0. The van der Waals surface area contributed by atoms with E-state index in [1.807, 2.05) is 0 Å². The first-order valence-corrected chi connectivity index (χ1v) is 24.4. The summed E-state index contributed by atoms with van der Waals surface area (Å²) >= 11 is 1.37. The van der Waals surface area contributed by atoms with Crippen LogP contribution in [0.1, 0.15) is 69.4 Å². The summed E-state index contributed by atoms with van der Waals surface area (Å²) in [5.74, 6) is -8.03. The van der Waals surface area contributed by atoms with E-state index >= 15 is 0 Å². The highest BCUT2D eigenvalue weighted by Crippen LogP contribution is 2.22. The summed E-state index contributed by atoms with van der Waals surface area (Å²) in [5, 5.41) is 52.6. The minimum Gasteiger partial charge on any atom is -0.508 e. The molecule has 2 aromatic carbocycles. The van der Waals surface area contributed by atoms with Crippen molar-refractivity contribution in [3.05, 3.63) is 65.7 Å². The SMILES string of the molecule is CSCC[C@H](NC(=O)[C@H](CCCNC(=N)N)NC(=O)[C@H](Cc1ccccc1)NC(=O)[C@@H]1CCCN1C(=O)[C@H](CC(=O)O)NC(=O)[C@@H]1CCCN1C(=O)[C@H](C)N)C(=O)N[C@@H](Cc1ccc(O)cc1)C(=O)O. The second kappa shape index (κ2) is 27.3. The lowest BCUT2D eigenvalue weighted by molar-refractivity contribution is -0.147. The summed E-state index contributed by atoms with van der Waals surface area (Å²) < 4.78 is 0. The van der Waals surface area contributed by atoms with Crippen LogP contribution in [0.15, 0.2) is 54.6 Å². The van der Waals surface area contributed by atoms with E-state index in [0.717, 1.165) is 4.90 Å². The van der Waals surface area contributed by atoms with Crippen molar-refractivity contribution in [3.8, 4) is 5.75 Å². The summed E-state index contributed by atoms with van der Waals surface area (Å²) in [6, 6.07) is 4.30. The van der Waals surface area contributed by atoms with Crippen LogP contribution in [-0.4, -0.2) is 164 Å². The predicted octanol–water partition coefficient (Wildman–Crippen LogP) is -1.49. The molecular formula is C46H65N11O12S. The lowest BCUT2D eigenvalue weighted by Gasteiger charge is -2.31. The molecule has 7 amide bonds. The number of nitrogens with zero attached hydrogens (tertiary/aromatic N) is 2. The van der Waals surface area contributed by atoms with Crippen LogP contribution in [0, 0.1) is 5.41 Å². The number of aromatic hydroxyl groups is 1. The molecular weight excluding hydrogens is 931 g/mol. The number of carboxylic acids is 2. The zero-order chi connectivity index (χ0) is 51.5. The fraction of sp³-hybridized carbons (Fsp3) is 0.522. The van der Waals surface area contributed by atoms with Crippen molar-refractivity contribution < 1.29 is 58.5 Å². The molecule has 0 saturated carbocycles. The lowest BCUT2D eigenvalue weighted by Crippen LogP contribution is -2.60. The van der Waals surface area contributed by atoms with Crippen LogP contribution in [0.2, 0.25) is 0 Å². The van der Waals surface area contributed by atoms with Crippen LogP contribution >= 0.6 is 11.8 Å². The molecule has 2 heterocycles. The van der Waals surface area contributed by atoms with Gasteiger partial charge >= 0.3 is 11.9 Å². The van der Waals surface area contributed by atoms with Gasteiger partial charge in [-0.1, -0.05) is 42.5 Å². The fourth-order valence-corrected chi connectivity index (χ4v) is 8.70. The number of carboxylic acid groups (broad SMARTS) is 2. The quantitative estimate of drug-likeness (QED) is 0.0290. The molecule has 4 rings (SSSR count). The molecule has 2 aromatic rings. The molecule has 2 saturated heterocycles. The van der Waals surface area contributed by atoms with E-state index < -0.39 is 108 Å². The van der Waals surface area contributed by atoms with Gasteiger partial charge in [-0.25, -0.2) is 4.79 Å². The van der Waals surface area contributed by atoms with E-state index in [-0.39, 0.29) is 76.3 Å². The molecule has 23 nitrogen and oxygen atoms in total. The van der Waals surface area contributed by atoms with Gasteiger partial charge < -0.3 is 68.5 Å². The molecule has 0 unspecified atom stereocenters. The van der Waals surface area contributed by atoms with Gasteiger partial charge in [-0.15, -0.1) is 0 Å². The molecule has 0 radical (unpaired) electrons. The number of phenolic OH excluding ortho intramolecular Hbond substituents is 1. The first-order chi connectivity index (χ1) is 33.3. The van der Waals surface area contributed by atoms with Crippen LogP contribution in [0.3, 0.4) is 0 Å². The van der Waals surface area contributed by atoms with E-state index in [2.05, 4.69) is 31.9 Å². The standard InChI is InChI=1S/C46H65N11O12S/c1-26(47)43(66)56-20-7-12-35(56)42(65)54-33(25-37(59)60)44(67)57-21-8-13-36(57)41(64)53-32(23-27-9-4-3-5-10-27)40(63)51-30(11-6-19-50-46(48)49)38(61)52-31(18-22-70-2)39(62)55-34(45(68)69)24-28-14-16-29(58)17-15-28/h3-5,9-10,14-17,26,30-36,58H,6-8,11-13,18-25,47H2,1-2H3,(H,51,63)(H,52,61)(H,53,64)(H,54,65)(H,55,62)(H,59,60)(H,68,69)(H4,48,49,50)/t26-,30-,31-,32-,33-,34-,35-,36-/m0/s1. The Bertz CT molecular complexity index is 2180. The van der Waals surface area contributed by atoms with E-state index in [9.17, 15) is 58.5 Å². The zero-order valence-electron chi connectivity index (χ0n) is 39.2. The number of carbonyl (C=O) groups excluding carboxylic acids is 7. The van der Waals surface area contributed by atoms with Crippen LogP contribution in [0.5, 0.6) is 5.75 Å². The van der Waals surface area contributed by atoms with Gasteiger partial charge in [-0.05, 0) is 87.1 Å². The molecule has 8 atom stereocenters. The summed E-state index contributed by atoms with van der Waals surface area (Å²) in [6.07, 6.45) is 2.11. The van der Waals surface area contributed by atoms with Gasteiger partial charge in [0.2, 0.25) is 41.4 Å². The molecule has 0 aliphatic carbocycles. The molecule has 14 N–H and O–H groups in total. The highest BCUT2D eigenvalue weighted by molar-refractivity contribution is 7.98. The Morgan fingerprint density at radius 2 is 1.20 bits per heavy atom. The second-order valence-corrected chi connectivity index (χ2v) is 18.2. The molecule has 2 aliphatic heterocycles. The highest BCUT2D eigenvalue weighted by Gasteiger charge is 2.42. The topological polar surface area (TPSA) is 369 Å². The Labute approximate surface area is 409 Å². The van der Waals surface area contributed by atoms with Gasteiger partial charge in [0.05, 0.1) is 12.5 Å². The van der Waals surface area contributed by atoms with E-state index in [4.69, 9.17) is 16.9 Å². The van der Waals surface area contributed by atoms with E-state index in [0.29, 0.717) is 29.7 Å². The monoisotopic (exact) mass is 995 g/mol. The number of amides is 7. The van der Waals surface area contributed by atoms with E-state index in [1.54, 1.807) is 36.6 Å². The van der Waals surface area contributed by atoms with Gasteiger partial charge in [-0.2, -0.15) is 11.8 Å². The Hall–Kier alpha value is -6.95. The fourth-order valence-electron chi connectivity index (χ4n) is 8.22. The first-order valence-electron chi connectivity index (χ1n) is 23.0. The van der Waals surface area contributed by atoms with Gasteiger partial charge in [0.25, 0.3) is 0 Å². The Kier molecular flexibility index (Phi) is 21.7. The molecule has 0 spiro atoms. The number of benzene rings is 2. The summed E-state index contributed by atoms with van der Waals surface area (Å²) in [5.41, 5.74) is 12.4. The normalized spacial score (nSPS) is 17.9. The van der Waals surface area contributed by atoms with Crippen LogP contribution in [-0.2, 0) is 56.0 Å². The number of guanidine groups is 1. The number of nitrogens with one attached hydrogen (secondary N) is 7. The van der Waals surface area contributed by atoms with Gasteiger partial charge in [0.15, 0.2) is 5.96 Å². The van der Waals surface area contributed by atoms with E-state index in [1.165, 1.54) is 47.9 Å². The molecule has 0 aromatic heterocycles. The van der Waals surface area contributed by atoms with Crippen molar-refractivity contribution in [2.45, 2.75) is 119 Å². The average molecular weight is 996 g/mol. The Morgan fingerprint density at radius 3 is 1.73 bits per heavy atom. The summed E-state index contributed by atoms with van der Waals surface area (Å²) in [6.45, 7) is 1.86. The number of phenols is 1. The second-order valence-electron chi connectivity index (χ2n) is 17.2. The highest BCUT2D eigenvalue weighted by atomic mass is 32.2. The maximum Gasteiger partial charge on any atom is 0.326 e. The number of likely N-dealkylation sites (tertiary alicyclic amines) is 2. The van der Waals surface area contributed by atoms with Gasteiger partial charge in [0.1, 0.15) is 48.0 Å². The van der Waals surface area contributed by atoms with Crippen molar-refractivity contribution in [3.63, 3.8) is 0 Å². The number of rotatable bonds is 26. The minimum atomic E-state index is -1.61. The molecule has 2 fully saturated rings. The maximum absolute atomic E-state index is 14.4. The molecule has 24 heteroatoms. The third kappa shape index (κ3) is 16.9. The van der Waals surface area contributed by atoms with Crippen molar-refractivity contribution in [1.29, 1.82) is 5.41 Å². The third-order valence-corrected chi connectivity index (χ3v) is 12.5. The Morgan fingerprint density at radius 1 is 0.700 bits per heavy atom. The first kappa shape index (κ1) is 55.6. The van der Waals surface area contributed by atoms with Crippen molar-refractivity contribution in [2.75, 3.05) is 31.6 Å². The van der Waals surface area contributed by atoms with Crippen molar-refractivity contribution >= 4 is 71.0 Å². The average Bonchev–Trinajstić information content (AvgIpc) is 4.02. The number of hydrogen-bond acceptors (Lipinski definition) is 13. The van der Waals surface area contributed by atoms with Crippen molar-refractivity contribution in [2.24, 2.45) is 11.5 Å². The van der Waals surface area contributed by atoms with Crippen LogP contribution in [0.4, 0.5) is 0 Å². The largest absolute Gasteiger partial charge is 0.508 e. The number of carbonyl (C=O) groups is 9. The number of thioether (sulfide) groups is 1. The number of nitrogens with two attached hydrogens (primary N) is 2. The zero-order valence-corrected chi connectivity index (χ0v) is 40.0. The molecule has 2 aliphatic rings. The van der Waals surface area contributed by atoms with Crippen molar-refractivity contribution in [1.82, 2.24) is 41.7 Å². The number of hydrogen-bond donors (Lipinski definition) is 12. The molecule has 382 valence electrons. The lowest BCUT2D eigenvalue weighted by atomic mass is 10.0. The van der Waals surface area contributed by atoms with Crippen LogP contribution in [0.25, 0.3) is 0 Å². The predicted molar refractivity (Wildman–Crippen MR) is 257 cm³/mol. The smallest absolute Gasteiger partial charge is 0.326 e. The van der Waals surface area contributed by atoms with Crippen LogP contribution < -0.4 is 43.4 Å². The maximum atomic E-state index is 14.4. The Balaban J connectivity index is 1.56.